The van der Waals surface area contributed by atoms with Crippen molar-refractivity contribution in [3.05, 3.63) is 28.5 Å². The van der Waals surface area contributed by atoms with Crippen LogP contribution in [-0.4, -0.2) is 42.1 Å². The zero-order valence-corrected chi connectivity index (χ0v) is 18.0. The second-order valence-electron chi connectivity index (χ2n) is 8.83. The lowest BCUT2D eigenvalue weighted by Crippen LogP contribution is -2.52. The van der Waals surface area contributed by atoms with Gasteiger partial charge in [0.1, 0.15) is 5.58 Å². The van der Waals surface area contributed by atoms with Crippen molar-refractivity contribution in [2.45, 2.75) is 63.7 Å². The minimum atomic E-state index is -0.515. The van der Waals surface area contributed by atoms with Crippen LogP contribution in [0.5, 0.6) is 0 Å². The molecule has 1 spiro atoms. The highest BCUT2D eigenvalue weighted by molar-refractivity contribution is 6.35. The molecule has 1 saturated carbocycles. The zero-order chi connectivity index (χ0) is 21.0. The van der Waals surface area contributed by atoms with E-state index in [-0.39, 0.29) is 24.1 Å². The van der Waals surface area contributed by atoms with Crippen LogP contribution in [0, 0.1) is 0 Å². The lowest BCUT2D eigenvalue weighted by molar-refractivity contribution is -0.0591. The first-order chi connectivity index (χ1) is 14.4. The third-order valence-corrected chi connectivity index (χ3v) is 6.75. The number of nitrogens with one attached hydrogen (secondary N) is 2. The molecule has 3 heterocycles. The minimum absolute atomic E-state index is 0.0193. The van der Waals surface area contributed by atoms with Gasteiger partial charge in [-0.2, -0.15) is 0 Å². The third kappa shape index (κ3) is 3.15. The molecule has 0 bridgehead atoms. The van der Waals surface area contributed by atoms with E-state index in [0.29, 0.717) is 35.1 Å². The standard InChI is InChI=1S/C22H26ClN3O4/c1-12-10-26(11-13(2)29-12)20(27)16-9-14-8-15(23)18-17(19(14)30-16)22(25-21(28)24-18)6-4-3-5-7-22/h8-9,12-13H,3-7,10-11H2,1-2H3,(H2,24,25,28)/t12-,13+. The fraction of sp³-hybridized carbons (Fsp3) is 0.545. The van der Waals surface area contributed by atoms with Gasteiger partial charge in [-0.05, 0) is 38.8 Å². The van der Waals surface area contributed by atoms with Crippen molar-refractivity contribution in [2.75, 3.05) is 18.4 Å². The number of fused-ring (bicyclic) bond motifs is 4. The van der Waals surface area contributed by atoms with Gasteiger partial charge in [0.05, 0.1) is 28.5 Å². The average molecular weight is 432 g/mol. The molecule has 2 aromatic rings. The molecule has 2 atom stereocenters. The molecule has 1 saturated heterocycles. The predicted octanol–water partition coefficient (Wildman–Crippen LogP) is 4.63. The predicted molar refractivity (Wildman–Crippen MR) is 114 cm³/mol. The average Bonchev–Trinajstić information content (AvgIpc) is 3.10. The van der Waals surface area contributed by atoms with Crippen molar-refractivity contribution in [1.82, 2.24) is 10.2 Å². The minimum Gasteiger partial charge on any atom is -0.450 e. The summed E-state index contributed by atoms with van der Waals surface area (Å²) in [6.45, 7) is 4.99. The van der Waals surface area contributed by atoms with Crippen molar-refractivity contribution < 1.29 is 18.7 Å². The molecule has 1 aliphatic carbocycles. The monoisotopic (exact) mass is 431 g/mol. The van der Waals surface area contributed by atoms with Gasteiger partial charge in [0.25, 0.3) is 5.91 Å². The Balaban J connectivity index is 1.61. The van der Waals surface area contributed by atoms with Gasteiger partial charge < -0.3 is 24.7 Å². The molecule has 1 aromatic carbocycles. The van der Waals surface area contributed by atoms with Gasteiger partial charge in [0.15, 0.2) is 5.76 Å². The Morgan fingerprint density at radius 2 is 1.87 bits per heavy atom. The quantitative estimate of drug-likeness (QED) is 0.689. The molecule has 30 heavy (non-hydrogen) atoms. The lowest BCUT2D eigenvalue weighted by atomic mass is 9.74. The van der Waals surface area contributed by atoms with Crippen molar-refractivity contribution in [2.24, 2.45) is 0 Å². The normalized spacial score (nSPS) is 25.7. The number of hydrogen-bond acceptors (Lipinski definition) is 4. The number of halogens is 1. The first kappa shape index (κ1) is 19.7. The maximum absolute atomic E-state index is 13.2. The van der Waals surface area contributed by atoms with Crippen molar-refractivity contribution in [3.8, 4) is 0 Å². The highest BCUT2D eigenvalue weighted by Gasteiger charge is 2.44. The van der Waals surface area contributed by atoms with E-state index in [2.05, 4.69) is 10.6 Å². The number of rotatable bonds is 1. The SMILES string of the molecule is C[C@@H]1CN(C(=O)c2cc3cc(Cl)c4c(c3o2)C2(CCCCC2)NC(=O)N4)C[C@H](C)O1. The van der Waals surface area contributed by atoms with Crippen molar-refractivity contribution in [1.29, 1.82) is 0 Å². The smallest absolute Gasteiger partial charge is 0.319 e. The van der Waals surface area contributed by atoms with Gasteiger partial charge in [-0.25, -0.2) is 4.79 Å². The van der Waals surface area contributed by atoms with E-state index in [0.717, 1.165) is 43.1 Å². The van der Waals surface area contributed by atoms with E-state index in [1.807, 2.05) is 13.8 Å². The summed E-state index contributed by atoms with van der Waals surface area (Å²) in [4.78, 5) is 27.4. The van der Waals surface area contributed by atoms with Gasteiger partial charge in [-0.1, -0.05) is 30.9 Å². The fourth-order valence-corrected chi connectivity index (χ4v) is 5.55. The number of ether oxygens (including phenoxy) is 1. The van der Waals surface area contributed by atoms with Crippen LogP contribution in [0.15, 0.2) is 16.5 Å². The molecular formula is C22H26ClN3O4. The van der Waals surface area contributed by atoms with Gasteiger partial charge in [0, 0.05) is 24.0 Å². The third-order valence-electron chi connectivity index (χ3n) is 6.45. The van der Waals surface area contributed by atoms with E-state index in [1.54, 1.807) is 17.0 Å². The Morgan fingerprint density at radius 3 is 2.57 bits per heavy atom. The number of carbonyl (C=O) groups excluding carboxylic acids is 2. The Hall–Kier alpha value is -2.25. The summed E-state index contributed by atoms with van der Waals surface area (Å²) < 4.78 is 11.9. The van der Waals surface area contributed by atoms with Crippen LogP contribution in [0.4, 0.5) is 10.5 Å². The van der Waals surface area contributed by atoms with E-state index in [1.165, 1.54) is 0 Å². The molecule has 3 aliphatic rings. The number of furan rings is 1. The Kier molecular flexibility index (Phi) is 4.71. The van der Waals surface area contributed by atoms with Crippen molar-refractivity contribution >= 4 is 40.2 Å². The number of morpholine rings is 1. The van der Waals surface area contributed by atoms with Crippen LogP contribution in [-0.2, 0) is 10.3 Å². The lowest BCUT2D eigenvalue weighted by Gasteiger charge is -2.42. The van der Waals surface area contributed by atoms with Gasteiger partial charge in [-0.15, -0.1) is 0 Å². The Labute approximate surface area is 180 Å². The molecule has 7 nitrogen and oxygen atoms in total. The zero-order valence-electron chi connectivity index (χ0n) is 17.2. The number of benzene rings is 1. The summed E-state index contributed by atoms with van der Waals surface area (Å²) in [7, 11) is 0. The maximum atomic E-state index is 13.2. The van der Waals surface area contributed by atoms with Crippen molar-refractivity contribution in [3.63, 3.8) is 0 Å². The van der Waals surface area contributed by atoms with Crippen LogP contribution in [0.25, 0.3) is 11.0 Å². The van der Waals surface area contributed by atoms with Crippen LogP contribution >= 0.6 is 11.6 Å². The van der Waals surface area contributed by atoms with Crippen LogP contribution in [0.3, 0.4) is 0 Å². The van der Waals surface area contributed by atoms with Gasteiger partial charge >= 0.3 is 6.03 Å². The summed E-state index contributed by atoms with van der Waals surface area (Å²) in [5.74, 6) is 0.141. The number of urea groups is 1. The van der Waals surface area contributed by atoms with Crippen LogP contribution in [0.2, 0.25) is 5.02 Å². The van der Waals surface area contributed by atoms with Crippen LogP contribution in [0.1, 0.15) is 62.1 Å². The first-order valence-electron chi connectivity index (χ1n) is 10.7. The fourth-order valence-electron chi connectivity index (χ4n) is 5.29. The van der Waals surface area contributed by atoms with E-state index >= 15 is 0 Å². The highest BCUT2D eigenvalue weighted by Crippen LogP contribution is 2.49. The summed E-state index contributed by atoms with van der Waals surface area (Å²) in [5.41, 5.74) is 1.57. The van der Waals surface area contributed by atoms with E-state index < -0.39 is 5.54 Å². The van der Waals surface area contributed by atoms with E-state index in [4.69, 9.17) is 20.8 Å². The molecule has 3 amide bonds. The number of nitrogens with zero attached hydrogens (tertiary/aromatic N) is 1. The molecule has 1 aromatic heterocycles. The van der Waals surface area contributed by atoms with E-state index in [9.17, 15) is 9.59 Å². The second kappa shape index (κ2) is 7.17. The van der Waals surface area contributed by atoms with Crippen LogP contribution < -0.4 is 10.6 Å². The molecule has 160 valence electrons. The number of hydrogen-bond donors (Lipinski definition) is 2. The maximum Gasteiger partial charge on any atom is 0.319 e. The Bertz CT molecular complexity index is 1020. The summed E-state index contributed by atoms with van der Waals surface area (Å²) in [6.07, 6.45) is 4.78. The second-order valence-corrected chi connectivity index (χ2v) is 9.23. The molecule has 0 radical (unpaired) electrons. The molecule has 5 rings (SSSR count). The largest absolute Gasteiger partial charge is 0.450 e. The molecule has 0 unspecified atom stereocenters. The highest BCUT2D eigenvalue weighted by atomic mass is 35.5. The number of amides is 3. The molecule has 2 aliphatic heterocycles. The summed E-state index contributed by atoms with van der Waals surface area (Å²) in [6, 6.07) is 3.29. The topological polar surface area (TPSA) is 83.8 Å². The number of carbonyl (C=O) groups is 2. The first-order valence-corrected chi connectivity index (χ1v) is 11.0. The Morgan fingerprint density at radius 1 is 1.17 bits per heavy atom. The number of anilines is 1. The molecule has 8 heteroatoms. The molecule has 2 N–H and O–H groups in total. The summed E-state index contributed by atoms with van der Waals surface area (Å²) >= 11 is 6.57. The molecular weight excluding hydrogens is 406 g/mol. The summed E-state index contributed by atoms with van der Waals surface area (Å²) in [5, 5.41) is 7.23. The molecule has 2 fully saturated rings. The van der Waals surface area contributed by atoms with Gasteiger partial charge in [-0.3, -0.25) is 4.79 Å². The van der Waals surface area contributed by atoms with Gasteiger partial charge in [0.2, 0.25) is 0 Å².